The summed E-state index contributed by atoms with van der Waals surface area (Å²) in [6.45, 7) is 0. The van der Waals surface area contributed by atoms with Crippen LogP contribution in [0.2, 0.25) is 0 Å². The minimum atomic E-state index is -4.84. The van der Waals surface area contributed by atoms with Gasteiger partial charge in [0.15, 0.2) is 0 Å². The average molecular weight is 313 g/mol. The number of ether oxygens (including phenoxy) is 1. The zero-order valence-corrected chi connectivity index (χ0v) is 11.4. The quantitative estimate of drug-likeness (QED) is 0.866. The second-order valence-corrected chi connectivity index (χ2v) is 4.35. The van der Waals surface area contributed by atoms with Gasteiger partial charge in [-0.2, -0.15) is 13.2 Å². The maximum atomic E-state index is 13.2. The number of para-hydroxylation sites is 1. The van der Waals surface area contributed by atoms with Crippen LogP contribution < -0.4 is 10.1 Å². The predicted molar refractivity (Wildman–Crippen MR) is 72.3 cm³/mol. The molecule has 0 saturated heterocycles. The van der Waals surface area contributed by atoms with Crippen molar-refractivity contribution in [2.24, 2.45) is 0 Å². The molecule has 0 radical (unpaired) electrons. The van der Waals surface area contributed by atoms with Gasteiger partial charge in [-0.3, -0.25) is 4.79 Å². The van der Waals surface area contributed by atoms with E-state index in [9.17, 15) is 22.4 Å². The first-order chi connectivity index (χ1) is 10.3. The van der Waals surface area contributed by atoms with Crippen LogP contribution in [0.25, 0.3) is 0 Å². The molecule has 0 aromatic heterocycles. The van der Waals surface area contributed by atoms with Gasteiger partial charge in [0.25, 0.3) is 5.91 Å². The first-order valence-corrected chi connectivity index (χ1v) is 6.14. The molecule has 0 bridgehead atoms. The summed E-state index contributed by atoms with van der Waals surface area (Å²) in [7, 11) is 1.37. The second-order valence-electron chi connectivity index (χ2n) is 4.35. The van der Waals surface area contributed by atoms with Gasteiger partial charge in [-0.25, -0.2) is 4.39 Å². The third-order valence-corrected chi connectivity index (χ3v) is 2.88. The highest BCUT2D eigenvalue weighted by Gasteiger charge is 2.34. The molecule has 0 saturated carbocycles. The normalized spacial score (nSPS) is 11.1. The van der Waals surface area contributed by atoms with Crippen LogP contribution in [0.4, 0.5) is 23.2 Å². The second kappa shape index (κ2) is 6.05. The van der Waals surface area contributed by atoms with E-state index in [2.05, 4.69) is 5.32 Å². The van der Waals surface area contributed by atoms with Crippen LogP contribution in [0.15, 0.2) is 42.5 Å². The summed E-state index contributed by atoms with van der Waals surface area (Å²) in [5, 5.41) is 2.29. The Balaban J connectivity index is 2.29. The molecule has 0 spiro atoms. The number of hydrogen-bond donors (Lipinski definition) is 1. The monoisotopic (exact) mass is 313 g/mol. The molecule has 0 aliphatic heterocycles. The number of carbonyl (C=O) groups excluding carboxylic acids is 1. The topological polar surface area (TPSA) is 38.3 Å². The summed E-state index contributed by atoms with van der Waals surface area (Å²) in [6, 6.07) is 8.49. The van der Waals surface area contributed by atoms with E-state index in [0.29, 0.717) is 12.1 Å². The van der Waals surface area contributed by atoms with Gasteiger partial charge < -0.3 is 10.1 Å². The molecule has 7 heteroatoms. The number of alkyl halides is 3. The Kier molecular flexibility index (Phi) is 4.35. The summed E-state index contributed by atoms with van der Waals surface area (Å²) in [5.41, 5.74) is -1.45. The summed E-state index contributed by atoms with van der Waals surface area (Å²) in [6.07, 6.45) is -4.84. The minimum Gasteiger partial charge on any atom is -0.496 e. The van der Waals surface area contributed by atoms with Crippen LogP contribution in [0, 0.1) is 5.82 Å². The number of benzene rings is 2. The lowest BCUT2D eigenvalue weighted by molar-refractivity contribution is -0.139. The molecule has 1 amide bonds. The van der Waals surface area contributed by atoms with Crippen molar-refractivity contribution < 1.29 is 27.1 Å². The molecule has 0 aliphatic rings. The lowest BCUT2D eigenvalue weighted by Crippen LogP contribution is -2.15. The molecular formula is C15H11F4NO2. The highest BCUT2D eigenvalue weighted by Crippen LogP contribution is 2.33. The van der Waals surface area contributed by atoms with Crippen LogP contribution in [0.1, 0.15) is 15.9 Å². The van der Waals surface area contributed by atoms with Gasteiger partial charge in [0, 0.05) is 5.69 Å². The molecule has 2 aromatic carbocycles. The Morgan fingerprint density at radius 1 is 1.14 bits per heavy atom. The lowest BCUT2D eigenvalue weighted by atomic mass is 10.1. The molecule has 0 heterocycles. The van der Waals surface area contributed by atoms with E-state index >= 15 is 0 Å². The summed E-state index contributed by atoms with van der Waals surface area (Å²) < 4.78 is 56.1. The molecule has 2 rings (SSSR count). The van der Waals surface area contributed by atoms with Gasteiger partial charge in [0.05, 0.1) is 18.2 Å². The van der Waals surface area contributed by atoms with Crippen molar-refractivity contribution in [3.05, 3.63) is 59.4 Å². The van der Waals surface area contributed by atoms with E-state index in [1.54, 1.807) is 18.2 Å². The number of hydrogen-bond acceptors (Lipinski definition) is 2. The molecule has 3 nitrogen and oxygen atoms in total. The Morgan fingerprint density at radius 3 is 2.45 bits per heavy atom. The number of halogens is 4. The van der Waals surface area contributed by atoms with Gasteiger partial charge in [0.1, 0.15) is 11.6 Å². The van der Waals surface area contributed by atoms with Gasteiger partial charge in [-0.05, 0) is 30.3 Å². The SMILES string of the molecule is COc1ccccc1C(=O)Nc1ccc(F)c(C(F)(F)F)c1. The standard InChI is InChI=1S/C15H11F4NO2/c1-22-13-5-3-2-4-10(13)14(21)20-9-6-7-12(16)11(8-9)15(17,18)19/h2-8H,1H3,(H,20,21). The molecular weight excluding hydrogens is 302 g/mol. The molecule has 0 atom stereocenters. The van der Waals surface area contributed by atoms with E-state index in [1.165, 1.54) is 13.2 Å². The van der Waals surface area contributed by atoms with E-state index < -0.39 is 23.5 Å². The van der Waals surface area contributed by atoms with Gasteiger partial charge in [-0.15, -0.1) is 0 Å². The zero-order valence-electron chi connectivity index (χ0n) is 11.4. The maximum absolute atomic E-state index is 13.2. The predicted octanol–water partition coefficient (Wildman–Crippen LogP) is 4.11. The fourth-order valence-electron chi connectivity index (χ4n) is 1.85. The van der Waals surface area contributed by atoms with Crippen LogP contribution in [-0.2, 0) is 6.18 Å². The van der Waals surface area contributed by atoms with Crippen LogP contribution in [0.5, 0.6) is 5.75 Å². The van der Waals surface area contributed by atoms with Crippen molar-refractivity contribution in [3.63, 3.8) is 0 Å². The molecule has 1 N–H and O–H groups in total. The molecule has 0 fully saturated rings. The fraction of sp³-hybridized carbons (Fsp3) is 0.133. The Morgan fingerprint density at radius 2 is 1.82 bits per heavy atom. The third-order valence-electron chi connectivity index (χ3n) is 2.88. The highest BCUT2D eigenvalue weighted by molar-refractivity contribution is 6.06. The molecule has 116 valence electrons. The average Bonchev–Trinajstić information content (AvgIpc) is 2.48. The molecule has 0 aliphatic carbocycles. The summed E-state index contributed by atoms with van der Waals surface area (Å²) >= 11 is 0. The third kappa shape index (κ3) is 3.36. The number of amides is 1. The Bertz CT molecular complexity index is 698. The smallest absolute Gasteiger partial charge is 0.419 e. The Hall–Kier alpha value is -2.57. The first-order valence-electron chi connectivity index (χ1n) is 6.14. The number of rotatable bonds is 3. The fourth-order valence-corrected chi connectivity index (χ4v) is 1.85. The van der Waals surface area contributed by atoms with Gasteiger partial charge in [0.2, 0.25) is 0 Å². The Labute approximate surface area is 123 Å². The van der Waals surface area contributed by atoms with Crippen molar-refractivity contribution in [1.82, 2.24) is 0 Å². The van der Waals surface area contributed by atoms with E-state index in [-0.39, 0.29) is 17.0 Å². The lowest BCUT2D eigenvalue weighted by Gasteiger charge is -2.12. The zero-order chi connectivity index (χ0) is 16.3. The number of anilines is 1. The largest absolute Gasteiger partial charge is 0.496 e. The summed E-state index contributed by atoms with van der Waals surface area (Å²) in [5.74, 6) is -1.78. The summed E-state index contributed by atoms with van der Waals surface area (Å²) in [4.78, 5) is 12.1. The maximum Gasteiger partial charge on any atom is 0.419 e. The number of nitrogens with one attached hydrogen (secondary N) is 1. The van der Waals surface area contributed by atoms with Crippen molar-refractivity contribution in [2.45, 2.75) is 6.18 Å². The minimum absolute atomic E-state index is 0.155. The van der Waals surface area contributed by atoms with E-state index in [1.807, 2.05) is 0 Å². The van der Waals surface area contributed by atoms with E-state index in [4.69, 9.17) is 4.74 Å². The number of carbonyl (C=O) groups is 1. The van der Waals surface area contributed by atoms with Crippen LogP contribution in [0.3, 0.4) is 0 Å². The first kappa shape index (κ1) is 15.8. The van der Waals surface area contributed by atoms with E-state index in [0.717, 1.165) is 6.07 Å². The molecule has 22 heavy (non-hydrogen) atoms. The van der Waals surface area contributed by atoms with Gasteiger partial charge >= 0.3 is 6.18 Å². The molecule has 0 unspecified atom stereocenters. The van der Waals surface area contributed by atoms with Crippen LogP contribution in [-0.4, -0.2) is 13.0 Å². The van der Waals surface area contributed by atoms with Gasteiger partial charge in [-0.1, -0.05) is 12.1 Å². The van der Waals surface area contributed by atoms with Crippen molar-refractivity contribution in [1.29, 1.82) is 0 Å². The molecule has 2 aromatic rings. The van der Waals surface area contributed by atoms with Crippen molar-refractivity contribution >= 4 is 11.6 Å². The highest BCUT2D eigenvalue weighted by atomic mass is 19.4. The van der Waals surface area contributed by atoms with Crippen molar-refractivity contribution in [3.8, 4) is 5.75 Å². The van der Waals surface area contributed by atoms with Crippen molar-refractivity contribution in [2.75, 3.05) is 12.4 Å². The number of methoxy groups -OCH3 is 1. The van der Waals surface area contributed by atoms with Crippen LogP contribution >= 0.6 is 0 Å².